The van der Waals surface area contributed by atoms with Crippen molar-refractivity contribution in [2.75, 3.05) is 25.1 Å². The van der Waals surface area contributed by atoms with Crippen molar-refractivity contribution in [1.29, 1.82) is 0 Å². The first-order valence-electron chi connectivity index (χ1n) is 18.7. The highest BCUT2D eigenvalue weighted by Gasteiger charge is 2.17. The Labute approximate surface area is 302 Å². The highest BCUT2D eigenvalue weighted by Crippen LogP contribution is 2.36. The minimum absolute atomic E-state index is 0.821. The Balaban J connectivity index is 1.50. The van der Waals surface area contributed by atoms with Crippen molar-refractivity contribution in [3.63, 3.8) is 0 Å². The van der Waals surface area contributed by atoms with Crippen LogP contribution in [0.1, 0.15) is 87.6 Å². The summed E-state index contributed by atoms with van der Waals surface area (Å²) in [5.41, 5.74) is 14.8. The number of hydrogen-bond acceptors (Lipinski definition) is 4. The van der Waals surface area contributed by atoms with Crippen LogP contribution in [0.15, 0.2) is 78.9 Å². The third kappa shape index (κ3) is 7.41. The second-order valence-corrected chi connectivity index (χ2v) is 13.5. The molecule has 3 aromatic heterocycles. The van der Waals surface area contributed by atoms with Gasteiger partial charge < -0.3 is 19.6 Å². The maximum atomic E-state index is 5.50. The molecule has 0 unspecified atom stereocenters. The molecule has 260 valence electrons. The van der Waals surface area contributed by atoms with E-state index in [0.717, 1.165) is 112 Å². The van der Waals surface area contributed by atoms with Gasteiger partial charge in [-0.2, -0.15) is 0 Å². The average molecular weight is 676 g/mol. The molecule has 7 rings (SSSR count). The lowest BCUT2D eigenvalue weighted by molar-refractivity contribution is 0.415. The van der Waals surface area contributed by atoms with Gasteiger partial charge in [0.2, 0.25) is 0 Å². The van der Waals surface area contributed by atoms with Crippen LogP contribution in [0.3, 0.4) is 0 Å². The number of aromatic nitrogens is 4. The third-order valence-electron chi connectivity index (χ3n) is 9.85. The molecule has 0 atom stereocenters. The molecular weight excluding hydrogens is 627 g/mol. The van der Waals surface area contributed by atoms with Crippen molar-refractivity contribution < 1.29 is 4.74 Å². The quantitative estimate of drug-likeness (QED) is 0.119. The summed E-state index contributed by atoms with van der Waals surface area (Å²) < 4.78 is 5.50. The number of aromatic amines is 2. The molecule has 6 nitrogen and oxygen atoms in total. The molecule has 2 aliphatic rings. The normalized spacial score (nSPS) is 12.1. The summed E-state index contributed by atoms with van der Waals surface area (Å²) in [6.07, 6.45) is 16.6. The van der Waals surface area contributed by atoms with Crippen LogP contribution < -0.4 is 9.64 Å². The van der Waals surface area contributed by atoms with E-state index in [-0.39, 0.29) is 0 Å². The molecule has 2 aromatic carbocycles. The molecule has 5 aromatic rings. The van der Waals surface area contributed by atoms with Gasteiger partial charge >= 0.3 is 0 Å². The lowest BCUT2D eigenvalue weighted by Crippen LogP contribution is -2.24. The van der Waals surface area contributed by atoms with E-state index in [0.29, 0.717) is 0 Å². The zero-order valence-electron chi connectivity index (χ0n) is 30.4. The summed E-state index contributed by atoms with van der Waals surface area (Å²) in [4.78, 5) is 20.6. The Kier molecular flexibility index (Phi) is 10.5. The van der Waals surface area contributed by atoms with E-state index < -0.39 is 0 Å². The van der Waals surface area contributed by atoms with Gasteiger partial charge in [0.25, 0.3) is 0 Å². The van der Waals surface area contributed by atoms with Gasteiger partial charge in [0.1, 0.15) is 5.75 Å². The van der Waals surface area contributed by atoms with E-state index in [9.17, 15) is 0 Å². The maximum Gasteiger partial charge on any atom is 0.118 e. The SMILES string of the molecule is CCCCCCc1c2nc(c(-c3ccc(N(CCC)CCC)cc3)c3ccc([nH]3)c(-c3ccc(OC)cc3)c3nc(cc4ccc1[nH]4)C=C3)C=C2. The molecule has 0 amide bonds. The second-order valence-electron chi connectivity index (χ2n) is 13.5. The number of aryl methyl sites for hydroxylation is 1. The molecule has 51 heavy (non-hydrogen) atoms. The zero-order chi connectivity index (χ0) is 35.2. The fraction of sp³-hybridized carbons (Fsp3) is 0.289. The molecule has 0 saturated carbocycles. The summed E-state index contributed by atoms with van der Waals surface area (Å²) in [5.74, 6) is 0.821. The number of anilines is 1. The Morgan fingerprint density at radius 2 is 1.22 bits per heavy atom. The highest BCUT2D eigenvalue weighted by molar-refractivity contribution is 5.95. The van der Waals surface area contributed by atoms with Crippen molar-refractivity contribution in [3.05, 3.63) is 107 Å². The largest absolute Gasteiger partial charge is 0.497 e. The number of nitrogens with one attached hydrogen (secondary N) is 2. The van der Waals surface area contributed by atoms with E-state index >= 15 is 0 Å². The Morgan fingerprint density at radius 1 is 0.588 bits per heavy atom. The van der Waals surface area contributed by atoms with Crippen LogP contribution in [0.5, 0.6) is 5.75 Å². The van der Waals surface area contributed by atoms with Crippen LogP contribution in [0, 0.1) is 0 Å². The molecule has 2 N–H and O–H groups in total. The van der Waals surface area contributed by atoms with Crippen molar-refractivity contribution in [3.8, 4) is 28.0 Å². The molecule has 5 heterocycles. The molecule has 8 bridgehead atoms. The monoisotopic (exact) mass is 675 g/mol. The number of fused-ring (bicyclic) bond motifs is 8. The fourth-order valence-electron chi connectivity index (χ4n) is 7.30. The molecule has 0 saturated heterocycles. The minimum Gasteiger partial charge on any atom is -0.497 e. The Hall–Kier alpha value is -5.36. The van der Waals surface area contributed by atoms with Crippen molar-refractivity contribution in [2.24, 2.45) is 0 Å². The predicted octanol–water partition coefficient (Wildman–Crippen LogP) is 11.7. The van der Waals surface area contributed by atoms with Crippen LogP contribution in [-0.4, -0.2) is 40.1 Å². The zero-order valence-corrected chi connectivity index (χ0v) is 30.4. The summed E-state index contributed by atoms with van der Waals surface area (Å²) in [6, 6.07) is 28.1. The number of rotatable bonds is 13. The molecular formula is C45H49N5O. The number of methoxy groups -OCH3 is 1. The number of ether oxygens (including phenoxy) is 1. The van der Waals surface area contributed by atoms with E-state index in [1.54, 1.807) is 7.11 Å². The van der Waals surface area contributed by atoms with Crippen molar-refractivity contribution in [1.82, 2.24) is 19.9 Å². The van der Waals surface area contributed by atoms with E-state index in [1.165, 1.54) is 30.5 Å². The number of benzene rings is 2. The summed E-state index contributed by atoms with van der Waals surface area (Å²) >= 11 is 0. The maximum absolute atomic E-state index is 5.50. The molecule has 2 aliphatic heterocycles. The summed E-state index contributed by atoms with van der Waals surface area (Å²) in [7, 11) is 1.70. The fourth-order valence-corrected chi connectivity index (χ4v) is 7.30. The highest BCUT2D eigenvalue weighted by atomic mass is 16.5. The smallest absolute Gasteiger partial charge is 0.118 e. The second kappa shape index (κ2) is 15.7. The van der Waals surface area contributed by atoms with Crippen LogP contribution >= 0.6 is 0 Å². The van der Waals surface area contributed by atoms with E-state index in [2.05, 4.69) is 127 Å². The first-order valence-corrected chi connectivity index (χ1v) is 18.7. The van der Waals surface area contributed by atoms with Crippen LogP contribution in [0.2, 0.25) is 0 Å². The molecule has 0 fully saturated rings. The van der Waals surface area contributed by atoms with Gasteiger partial charge in [0.05, 0.1) is 29.9 Å². The molecule has 0 spiro atoms. The van der Waals surface area contributed by atoms with Gasteiger partial charge in [0, 0.05) is 57.5 Å². The Morgan fingerprint density at radius 3 is 1.88 bits per heavy atom. The van der Waals surface area contributed by atoms with E-state index in [1.807, 2.05) is 12.1 Å². The van der Waals surface area contributed by atoms with Gasteiger partial charge in [-0.3, -0.25) is 0 Å². The van der Waals surface area contributed by atoms with Gasteiger partial charge in [-0.1, -0.05) is 64.3 Å². The number of H-pyrrole nitrogens is 2. The van der Waals surface area contributed by atoms with E-state index in [4.69, 9.17) is 14.7 Å². The minimum atomic E-state index is 0.821. The Bertz CT molecular complexity index is 2200. The third-order valence-corrected chi connectivity index (χ3v) is 9.85. The summed E-state index contributed by atoms with van der Waals surface area (Å²) in [5, 5.41) is 0. The van der Waals surface area contributed by atoms with Gasteiger partial charge in [-0.15, -0.1) is 0 Å². The van der Waals surface area contributed by atoms with Crippen LogP contribution in [-0.2, 0) is 6.42 Å². The first kappa shape index (κ1) is 34.1. The van der Waals surface area contributed by atoms with Crippen LogP contribution in [0.4, 0.5) is 5.69 Å². The van der Waals surface area contributed by atoms with Gasteiger partial charge in [0.15, 0.2) is 0 Å². The molecule has 0 aliphatic carbocycles. The van der Waals surface area contributed by atoms with Crippen molar-refractivity contribution >= 4 is 52.1 Å². The number of unbranched alkanes of at least 4 members (excludes halogenated alkanes) is 3. The molecule has 0 radical (unpaired) electrons. The number of nitrogens with zero attached hydrogens (tertiary/aromatic N) is 3. The van der Waals surface area contributed by atoms with Crippen molar-refractivity contribution in [2.45, 2.75) is 65.7 Å². The lowest BCUT2D eigenvalue weighted by Gasteiger charge is -2.24. The van der Waals surface area contributed by atoms with Crippen LogP contribution in [0.25, 0.3) is 68.6 Å². The lowest BCUT2D eigenvalue weighted by atomic mass is 10.0. The van der Waals surface area contributed by atoms with Gasteiger partial charge in [-0.25, -0.2) is 9.97 Å². The number of hydrogen-bond donors (Lipinski definition) is 2. The molecule has 6 heteroatoms. The van der Waals surface area contributed by atoms with Gasteiger partial charge in [-0.05, 0) is 116 Å². The average Bonchev–Trinajstić information content (AvgIpc) is 3.99. The predicted molar refractivity (Wildman–Crippen MR) is 217 cm³/mol. The first-order chi connectivity index (χ1) is 25.1. The standard InChI is InChI=1S/C45H49N5O/c1-5-8-9-10-11-37-38-22-16-33(46-38)30-34-17-23-40(47-34)44(32-14-20-36(51-4)21-15-32)42-26-27-43(49-42)45(41-25-24-39(37)48-41)31-12-18-35(19-13-31)50(28-6-2)29-7-3/h12-27,30,46,49H,5-11,28-29H2,1-4H3. The summed E-state index contributed by atoms with van der Waals surface area (Å²) in [6.45, 7) is 8.86. The topological polar surface area (TPSA) is 69.8 Å².